The zero-order valence-electron chi connectivity index (χ0n) is 12.5. The number of nitrogens with one attached hydrogen (secondary N) is 1. The van der Waals surface area contributed by atoms with Crippen LogP contribution in [0.5, 0.6) is 0 Å². The van der Waals surface area contributed by atoms with Crippen molar-refractivity contribution >= 4 is 23.3 Å². The van der Waals surface area contributed by atoms with Crippen molar-refractivity contribution in [2.45, 2.75) is 18.4 Å². The molecular formula is C15H22ClN3O2. The van der Waals surface area contributed by atoms with Gasteiger partial charge in [-0.25, -0.2) is 4.79 Å². The summed E-state index contributed by atoms with van der Waals surface area (Å²) in [5.41, 5.74) is -0.259. The lowest BCUT2D eigenvalue weighted by Crippen LogP contribution is -2.55. The van der Waals surface area contributed by atoms with Crippen molar-refractivity contribution in [2.24, 2.45) is 0 Å². The molecule has 0 radical (unpaired) electrons. The lowest BCUT2D eigenvalue weighted by molar-refractivity contribution is -0.0333. The Morgan fingerprint density at radius 2 is 2.19 bits per heavy atom. The standard InChI is InChI=1S/C15H22ClN3O2/c1-18(2)10-15(21)8-5-9-19(11-15)14(20)17-13-7-4-3-6-12(13)16/h3-4,6-7,21H,5,8-11H2,1-2H3,(H,17,20). The monoisotopic (exact) mass is 311 g/mol. The highest BCUT2D eigenvalue weighted by molar-refractivity contribution is 6.33. The van der Waals surface area contributed by atoms with Crippen molar-refractivity contribution in [1.29, 1.82) is 0 Å². The van der Waals surface area contributed by atoms with Crippen molar-refractivity contribution < 1.29 is 9.90 Å². The van der Waals surface area contributed by atoms with Gasteiger partial charge in [0.15, 0.2) is 0 Å². The molecule has 21 heavy (non-hydrogen) atoms. The number of urea groups is 1. The Hall–Kier alpha value is -1.30. The van der Waals surface area contributed by atoms with E-state index in [2.05, 4.69) is 5.32 Å². The molecule has 1 heterocycles. The summed E-state index contributed by atoms with van der Waals surface area (Å²) in [6.45, 7) is 1.52. The van der Waals surface area contributed by atoms with E-state index in [0.29, 0.717) is 36.8 Å². The molecule has 0 bridgehead atoms. The number of benzene rings is 1. The van der Waals surface area contributed by atoms with Gasteiger partial charge in [0.25, 0.3) is 0 Å². The van der Waals surface area contributed by atoms with Gasteiger partial charge < -0.3 is 20.2 Å². The summed E-state index contributed by atoms with van der Waals surface area (Å²) in [7, 11) is 3.83. The number of likely N-dealkylation sites (tertiary alicyclic amines) is 1. The van der Waals surface area contributed by atoms with Crippen molar-refractivity contribution in [3.63, 3.8) is 0 Å². The molecule has 2 N–H and O–H groups in total. The van der Waals surface area contributed by atoms with Gasteiger partial charge in [0.2, 0.25) is 0 Å². The number of carbonyl (C=O) groups excluding carboxylic acids is 1. The highest BCUT2D eigenvalue weighted by Crippen LogP contribution is 2.24. The van der Waals surface area contributed by atoms with E-state index in [1.54, 1.807) is 17.0 Å². The number of β-amino-alcohol motifs (C(OH)–C–C–N with tert-alkyl or cyclic N) is 1. The van der Waals surface area contributed by atoms with E-state index in [9.17, 15) is 9.90 Å². The van der Waals surface area contributed by atoms with Crippen LogP contribution in [0, 0.1) is 0 Å². The Morgan fingerprint density at radius 3 is 2.86 bits per heavy atom. The van der Waals surface area contributed by atoms with E-state index in [-0.39, 0.29) is 6.03 Å². The van der Waals surface area contributed by atoms with Crippen LogP contribution in [0.4, 0.5) is 10.5 Å². The van der Waals surface area contributed by atoms with Crippen LogP contribution >= 0.6 is 11.6 Å². The Kier molecular flexibility index (Phi) is 5.08. The molecule has 1 unspecified atom stereocenters. The van der Waals surface area contributed by atoms with Crippen LogP contribution in [0.15, 0.2) is 24.3 Å². The van der Waals surface area contributed by atoms with Gasteiger partial charge in [0.05, 0.1) is 22.9 Å². The fourth-order valence-electron chi connectivity index (χ4n) is 2.76. The number of aliphatic hydroxyl groups is 1. The van der Waals surface area contributed by atoms with Gasteiger partial charge in [0.1, 0.15) is 0 Å². The molecule has 1 atom stereocenters. The van der Waals surface area contributed by atoms with Crippen LogP contribution in [-0.2, 0) is 0 Å². The second-order valence-electron chi connectivity index (χ2n) is 5.90. The maximum atomic E-state index is 12.3. The number of likely N-dealkylation sites (N-methyl/N-ethyl adjacent to an activating group) is 1. The first-order valence-electron chi connectivity index (χ1n) is 7.07. The Morgan fingerprint density at radius 1 is 1.48 bits per heavy atom. The predicted octanol–water partition coefficient (Wildman–Crippen LogP) is 2.26. The minimum atomic E-state index is -0.848. The number of hydrogen-bond donors (Lipinski definition) is 2. The Balaban J connectivity index is 2.01. The fraction of sp³-hybridized carbons (Fsp3) is 0.533. The lowest BCUT2D eigenvalue weighted by Gasteiger charge is -2.40. The maximum absolute atomic E-state index is 12.3. The van der Waals surface area contributed by atoms with Crippen molar-refractivity contribution in [3.05, 3.63) is 29.3 Å². The molecular weight excluding hydrogens is 290 g/mol. The molecule has 6 heteroatoms. The minimum absolute atomic E-state index is 0.222. The zero-order valence-corrected chi connectivity index (χ0v) is 13.2. The molecule has 1 aliphatic heterocycles. The summed E-state index contributed by atoms with van der Waals surface area (Å²) >= 11 is 6.04. The summed E-state index contributed by atoms with van der Waals surface area (Å²) in [6.07, 6.45) is 1.50. The highest BCUT2D eigenvalue weighted by atomic mass is 35.5. The zero-order chi connectivity index (χ0) is 15.5. The van der Waals surface area contributed by atoms with Crippen LogP contribution in [-0.4, -0.2) is 60.3 Å². The van der Waals surface area contributed by atoms with Crippen LogP contribution in [0.25, 0.3) is 0 Å². The number of amides is 2. The normalized spacial score (nSPS) is 22.4. The van der Waals surface area contributed by atoms with Gasteiger partial charge in [-0.2, -0.15) is 0 Å². The summed E-state index contributed by atoms with van der Waals surface area (Å²) < 4.78 is 0. The third-order valence-corrected chi connectivity index (χ3v) is 3.90. The second-order valence-corrected chi connectivity index (χ2v) is 6.30. The number of rotatable bonds is 3. The molecule has 1 fully saturated rings. The molecule has 0 spiro atoms. The van der Waals surface area contributed by atoms with Gasteiger partial charge in [-0.15, -0.1) is 0 Å². The number of hydrogen-bond acceptors (Lipinski definition) is 3. The van der Waals surface area contributed by atoms with Gasteiger partial charge >= 0.3 is 6.03 Å². The lowest BCUT2D eigenvalue weighted by atomic mass is 9.92. The molecule has 1 aromatic rings. The maximum Gasteiger partial charge on any atom is 0.321 e. The number of anilines is 1. The molecule has 0 aliphatic carbocycles. The summed E-state index contributed by atoms with van der Waals surface area (Å²) in [6, 6.07) is 6.90. The van der Waals surface area contributed by atoms with E-state index in [4.69, 9.17) is 11.6 Å². The highest BCUT2D eigenvalue weighted by Gasteiger charge is 2.35. The van der Waals surface area contributed by atoms with Crippen LogP contribution < -0.4 is 5.32 Å². The number of nitrogens with zero attached hydrogens (tertiary/aromatic N) is 2. The van der Waals surface area contributed by atoms with E-state index < -0.39 is 5.60 Å². The van der Waals surface area contributed by atoms with E-state index in [1.807, 2.05) is 31.1 Å². The smallest absolute Gasteiger partial charge is 0.321 e. The molecule has 1 aliphatic rings. The van der Waals surface area contributed by atoms with E-state index in [1.165, 1.54) is 0 Å². The molecule has 0 aromatic heterocycles. The first kappa shape index (κ1) is 16.1. The van der Waals surface area contributed by atoms with Crippen molar-refractivity contribution in [1.82, 2.24) is 9.80 Å². The summed E-state index contributed by atoms with van der Waals surface area (Å²) in [5.74, 6) is 0. The topological polar surface area (TPSA) is 55.8 Å². The van der Waals surface area contributed by atoms with Gasteiger partial charge in [-0.3, -0.25) is 0 Å². The molecule has 5 nitrogen and oxygen atoms in total. The average Bonchev–Trinajstić information content (AvgIpc) is 2.40. The quantitative estimate of drug-likeness (QED) is 0.900. The first-order valence-corrected chi connectivity index (χ1v) is 7.45. The van der Waals surface area contributed by atoms with Crippen LogP contribution in [0.3, 0.4) is 0 Å². The fourth-order valence-corrected chi connectivity index (χ4v) is 2.94. The SMILES string of the molecule is CN(C)CC1(O)CCCN(C(=O)Nc2ccccc2Cl)C1. The summed E-state index contributed by atoms with van der Waals surface area (Å²) in [5, 5.41) is 13.9. The molecule has 0 saturated carbocycles. The van der Waals surface area contributed by atoms with Crippen molar-refractivity contribution in [2.75, 3.05) is 39.0 Å². The van der Waals surface area contributed by atoms with E-state index >= 15 is 0 Å². The third-order valence-electron chi connectivity index (χ3n) is 3.57. The third kappa shape index (κ3) is 4.33. The second kappa shape index (κ2) is 6.64. The van der Waals surface area contributed by atoms with E-state index in [0.717, 1.165) is 6.42 Å². The Bertz CT molecular complexity index is 509. The first-order chi connectivity index (χ1) is 9.89. The van der Waals surface area contributed by atoms with Crippen LogP contribution in [0.2, 0.25) is 5.02 Å². The summed E-state index contributed by atoms with van der Waals surface area (Å²) in [4.78, 5) is 15.9. The van der Waals surface area contributed by atoms with Gasteiger partial charge in [0, 0.05) is 13.1 Å². The number of piperidine rings is 1. The van der Waals surface area contributed by atoms with Gasteiger partial charge in [-0.1, -0.05) is 23.7 Å². The number of halogens is 1. The molecule has 2 amide bonds. The minimum Gasteiger partial charge on any atom is -0.387 e. The van der Waals surface area contributed by atoms with Gasteiger partial charge in [-0.05, 0) is 39.1 Å². The van der Waals surface area contributed by atoms with Crippen LogP contribution in [0.1, 0.15) is 12.8 Å². The predicted molar refractivity (Wildman–Crippen MR) is 84.8 cm³/mol. The molecule has 1 aromatic carbocycles. The van der Waals surface area contributed by atoms with Crippen molar-refractivity contribution in [3.8, 4) is 0 Å². The molecule has 116 valence electrons. The number of para-hydroxylation sites is 1. The average molecular weight is 312 g/mol. The largest absolute Gasteiger partial charge is 0.387 e. The Labute approximate surface area is 130 Å². The molecule has 2 rings (SSSR count). The number of carbonyl (C=O) groups is 1. The molecule has 1 saturated heterocycles.